The van der Waals surface area contributed by atoms with Gasteiger partial charge < -0.3 is 0 Å². The number of alkyl halides is 1. The van der Waals surface area contributed by atoms with Crippen molar-refractivity contribution in [3.63, 3.8) is 0 Å². The van der Waals surface area contributed by atoms with E-state index in [1.165, 1.54) is 0 Å². The van der Waals surface area contributed by atoms with Crippen molar-refractivity contribution >= 4 is 51.5 Å². The number of hydrogen-bond acceptors (Lipinski definition) is 2. The Morgan fingerprint density at radius 3 is 3.00 bits per heavy atom. The summed E-state index contributed by atoms with van der Waals surface area (Å²) in [7, 11) is 0. The van der Waals surface area contributed by atoms with Gasteiger partial charge >= 0.3 is 0 Å². The molecule has 0 saturated heterocycles. The molecular weight excluding hydrogens is 323 g/mol. The van der Waals surface area contributed by atoms with Gasteiger partial charge in [0.05, 0.1) is 14.6 Å². The second kappa shape index (κ2) is 3.91. The highest BCUT2D eigenvalue weighted by atomic mass is 127. The molecular formula is C14H11IN2. The molecule has 1 aromatic heterocycles. The normalized spacial score (nSPS) is 22.5. The minimum absolute atomic E-state index is 0.0299. The number of fused-ring (bicyclic) bond motifs is 3. The Morgan fingerprint density at radius 2 is 2.12 bits per heavy atom. The van der Waals surface area contributed by atoms with Gasteiger partial charge in [-0.3, -0.25) is 9.98 Å². The second-order valence-electron chi connectivity index (χ2n) is 4.32. The summed E-state index contributed by atoms with van der Waals surface area (Å²) < 4.78 is -0.0299. The van der Waals surface area contributed by atoms with Crippen molar-refractivity contribution in [2.75, 3.05) is 0 Å². The summed E-state index contributed by atoms with van der Waals surface area (Å²) in [5.74, 6) is 0. The first-order valence-corrected chi connectivity index (χ1v) is 6.55. The second-order valence-corrected chi connectivity index (χ2v) is 6.65. The quantitative estimate of drug-likeness (QED) is 0.525. The van der Waals surface area contributed by atoms with E-state index in [2.05, 4.69) is 69.8 Å². The minimum atomic E-state index is -0.0299. The third kappa shape index (κ3) is 1.99. The molecule has 1 aliphatic heterocycles. The van der Waals surface area contributed by atoms with Crippen LogP contribution < -0.4 is 0 Å². The van der Waals surface area contributed by atoms with Gasteiger partial charge in [-0.25, -0.2) is 0 Å². The van der Waals surface area contributed by atoms with Crippen LogP contribution in [0.4, 0.5) is 5.69 Å². The highest BCUT2D eigenvalue weighted by molar-refractivity contribution is 14.1. The van der Waals surface area contributed by atoms with Crippen molar-refractivity contribution in [2.45, 2.75) is 10.3 Å². The zero-order valence-corrected chi connectivity index (χ0v) is 11.5. The van der Waals surface area contributed by atoms with Crippen LogP contribution in [-0.4, -0.2) is 14.6 Å². The molecule has 0 radical (unpaired) electrons. The van der Waals surface area contributed by atoms with Crippen LogP contribution in [0.3, 0.4) is 0 Å². The Morgan fingerprint density at radius 1 is 1.24 bits per heavy atom. The molecule has 3 rings (SSSR count). The Labute approximate surface area is 114 Å². The smallest absolute Gasteiger partial charge is 0.0964 e. The lowest BCUT2D eigenvalue weighted by Crippen LogP contribution is -2.11. The van der Waals surface area contributed by atoms with Gasteiger partial charge in [0.2, 0.25) is 0 Å². The predicted octanol–water partition coefficient (Wildman–Crippen LogP) is 4.16. The molecule has 0 fully saturated rings. The summed E-state index contributed by atoms with van der Waals surface area (Å²) >= 11 is 2.38. The number of aliphatic imine (C=N–C) groups is 1. The molecule has 2 heterocycles. The minimum Gasteiger partial charge on any atom is -0.257 e. The van der Waals surface area contributed by atoms with E-state index in [1.807, 2.05) is 18.5 Å². The topological polar surface area (TPSA) is 25.2 Å². The van der Waals surface area contributed by atoms with E-state index in [9.17, 15) is 0 Å². The van der Waals surface area contributed by atoms with Gasteiger partial charge in [0.25, 0.3) is 0 Å². The van der Waals surface area contributed by atoms with Crippen molar-refractivity contribution in [1.82, 2.24) is 4.98 Å². The van der Waals surface area contributed by atoms with Crippen molar-refractivity contribution in [3.05, 3.63) is 42.1 Å². The maximum Gasteiger partial charge on any atom is 0.0964 e. The van der Waals surface area contributed by atoms with E-state index in [0.717, 1.165) is 22.2 Å². The highest BCUT2D eigenvalue weighted by Gasteiger charge is 2.17. The molecule has 1 aliphatic rings. The van der Waals surface area contributed by atoms with Crippen LogP contribution >= 0.6 is 22.6 Å². The molecule has 1 atom stereocenters. The first-order chi connectivity index (χ1) is 8.16. The van der Waals surface area contributed by atoms with E-state index >= 15 is 0 Å². The Kier molecular flexibility index (Phi) is 2.50. The number of benzene rings is 1. The fourth-order valence-corrected chi connectivity index (χ4v) is 2.22. The summed E-state index contributed by atoms with van der Waals surface area (Å²) in [5, 5.41) is 1.13. The summed E-state index contributed by atoms with van der Waals surface area (Å²) in [6.45, 7) is 2.13. The van der Waals surface area contributed by atoms with Crippen molar-refractivity contribution in [3.8, 4) is 0 Å². The van der Waals surface area contributed by atoms with Crippen molar-refractivity contribution in [1.29, 1.82) is 0 Å². The fourth-order valence-electron chi connectivity index (χ4n) is 1.90. The monoisotopic (exact) mass is 334 g/mol. The summed E-state index contributed by atoms with van der Waals surface area (Å²) in [4.78, 5) is 9.04. The number of allylic oxidation sites excluding steroid dienone is 1. The van der Waals surface area contributed by atoms with Crippen LogP contribution in [0.5, 0.6) is 0 Å². The van der Waals surface area contributed by atoms with Crippen molar-refractivity contribution in [2.24, 2.45) is 4.99 Å². The molecule has 0 spiro atoms. The Bertz CT molecular complexity index is 642. The van der Waals surface area contributed by atoms with E-state index < -0.39 is 0 Å². The molecule has 0 amide bonds. The first kappa shape index (κ1) is 10.9. The molecule has 0 aliphatic carbocycles. The van der Waals surface area contributed by atoms with Gasteiger partial charge in [-0.2, -0.15) is 0 Å². The van der Waals surface area contributed by atoms with Crippen molar-refractivity contribution < 1.29 is 0 Å². The molecule has 1 aromatic carbocycles. The lowest BCUT2D eigenvalue weighted by molar-refractivity contribution is 1.15. The Hall–Kier alpha value is -1.23. The third-order valence-corrected chi connectivity index (χ3v) is 3.45. The average Bonchev–Trinajstić information content (AvgIpc) is 2.49. The molecule has 0 bridgehead atoms. The number of hydrogen-bond donors (Lipinski definition) is 0. The lowest BCUT2D eigenvalue weighted by atomic mass is 10.1. The maximum atomic E-state index is 4.61. The molecule has 3 heteroatoms. The molecule has 0 saturated carbocycles. The molecule has 1 unspecified atom stereocenters. The fraction of sp³-hybridized carbons (Fsp3) is 0.143. The largest absolute Gasteiger partial charge is 0.257 e. The molecule has 17 heavy (non-hydrogen) atoms. The zero-order valence-electron chi connectivity index (χ0n) is 9.39. The van der Waals surface area contributed by atoms with Gasteiger partial charge in [0.1, 0.15) is 0 Å². The molecule has 2 aromatic rings. The third-order valence-electron chi connectivity index (χ3n) is 2.81. The summed E-state index contributed by atoms with van der Waals surface area (Å²) in [6.07, 6.45) is 8.08. The zero-order chi connectivity index (χ0) is 11.9. The summed E-state index contributed by atoms with van der Waals surface area (Å²) in [6, 6.07) is 8.21. The summed E-state index contributed by atoms with van der Waals surface area (Å²) in [5.41, 5.74) is 3.08. The average molecular weight is 334 g/mol. The van der Waals surface area contributed by atoms with E-state index in [0.29, 0.717) is 0 Å². The van der Waals surface area contributed by atoms with Gasteiger partial charge in [-0.15, -0.1) is 0 Å². The number of pyridine rings is 1. The number of aromatic nitrogens is 1. The predicted molar refractivity (Wildman–Crippen MR) is 81.4 cm³/mol. The number of nitrogens with zero attached hydrogens (tertiary/aromatic N) is 2. The van der Waals surface area contributed by atoms with E-state index in [1.54, 1.807) is 0 Å². The van der Waals surface area contributed by atoms with Crippen LogP contribution in [0, 0.1) is 0 Å². The number of rotatable bonds is 0. The van der Waals surface area contributed by atoms with Crippen LogP contribution in [0.1, 0.15) is 12.5 Å². The maximum absolute atomic E-state index is 4.61. The molecule has 0 N–H and O–H groups in total. The van der Waals surface area contributed by atoms with E-state index in [4.69, 9.17) is 0 Å². The van der Waals surface area contributed by atoms with Crippen LogP contribution in [0.25, 0.3) is 17.0 Å². The SMILES string of the molecule is CC1(I)C=Cc2ccc3cccnc3c2N=C1. The van der Waals surface area contributed by atoms with Crippen LogP contribution in [0.15, 0.2) is 41.5 Å². The Balaban J connectivity index is 2.33. The molecule has 2 nitrogen and oxygen atoms in total. The van der Waals surface area contributed by atoms with Crippen LogP contribution in [-0.2, 0) is 0 Å². The van der Waals surface area contributed by atoms with E-state index in [-0.39, 0.29) is 3.42 Å². The van der Waals surface area contributed by atoms with Gasteiger partial charge in [0, 0.05) is 23.4 Å². The van der Waals surface area contributed by atoms with Gasteiger partial charge in [-0.1, -0.05) is 52.9 Å². The molecule has 84 valence electrons. The van der Waals surface area contributed by atoms with Crippen LogP contribution in [0.2, 0.25) is 0 Å². The standard InChI is InChI=1S/C14H11IN2/c1-14(15)7-6-11-5-4-10-3-2-8-16-12(10)13(11)17-9-14/h2-9H,1H3. The van der Waals surface area contributed by atoms with Gasteiger partial charge in [-0.05, 0) is 13.0 Å². The highest BCUT2D eigenvalue weighted by Crippen LogP contribution is 2.33. The van der Waals surface area contributed by atoms with Gasteiger partial charge in [0.15, 0.2) is 0 Å². The lowest BCUT2D eigenvalue weighted by Gasteiger charge is -2.08. The number of halogens is 1. The first-order valence-electron chi connectivity index (χ1n) is 5.47.